The van der Waals surface area contributed by atoms with Crippen molar-refractivity contribution in [2.75, 3.05) is 0 Å². The van der Waals surface area contributed by atoms with E-state index in [1.807, 2.05) is 0 Å². The van der Waals surface area contributed by atoms with Crippen LogP contribution in [0.2, 0.25) is 0 Å². The molecular formula is C11H14N2O4. The molecule has 2 rings (SSSR count). The van der Waals surface area contributed by atoms with Crippen LogP contribution >= 0.6 is 0 Å². The minimum Gasteiger partial charge on any atom is -0.276 e. The second-order valence-corrected chi connectivity index (χ2v) is 4.90. The fourth-order valence-corrected chi connectivity index (χ4v) is 2.29. The van der Waals surface area contributed by atoms with Gasteiger partial charge in [0, 0.05) is 12.1 Å². The number of nitrogens with zero attached hydrogens (tertiary/aromatic N) is 2. The maximum absolute atomic E-state index is 11.8. The van der Waals surface area contributed by atoms with Gasteiger partial charge in [-0.25, -0.2) is 0 Å². The van der Waals surface area contributed by atoms with Crippen LogP contribution in [-0.2, 0) is 19.2 Å². The number of β-lactam (4-membered cyclic amide) rings is 4. The van der Waals surface area contributed by atoms with Crippen molar-refractivity contribution in [1.29, 1.82) is 0 Å². The van der Waals surface area contributed by atoms with Gasteiger partial charge in [0.1, 0.15) is 0 Å². The fraction of sp³-hybridized carbons (Fsp3) is 0.636. The standard InChI is InChI=1S/C11H14N2O4/c1-5(2)12-7(14)11(8(12)15)9(16)13(6(3)4)10(11)17/h5-6H,1-4H3. The van der Waals surface area contributed by atoms with Gasteiger partial charge in [-0.3, -0.25) is 29.0 Å². The first-order valence-electron chi connectivity index (χ1n) is 5.54. The molecule has 0 bridgehead atoms. The first kappa shape index (κ1) is 11.8. The number of rotatable bonds is 2. The lowest BCUT2D eigenvalue weighted by Crippen LogP contribution is -2.85. The van der Waals surface area contributed by atoms with Gasteiger partial charge in [-0.2, -0.15) is 0 Å². The summed E-state index contributed by atoms with van der Waals surface area (Å²) in [4.78, 5) is 49.3. The number of likely N-dealkylation sites (tertiary alicyclic amines) is 2. The Balaban J connectivity index is 2.32. The highest BCUT2D eigenvalue weighted by molar-refractivity contribution is 6.52. The molecule has 92 valence electrons. The molecule has 0 unspecified atom stereocenters. The summed E-state index contributed by atoms with van der Waals surface area (Å²) in [5, 5.41) is 0. The maximum atomic E-state index is 11.8. The van der Waals surface area contributed by atoms with Crippen LogP contribution in [0, 0.1) is 5.41 Å². The van der Waals surface area contributed by atoms with Crippen molar-refractivity contribution in [3.05, 3.63) is 0 Å². The Kier molecular flexibility index (Phi) is 2.18. The van der Waals surface area contributed by atoms with Crippen molar-refractivity contribution in [2.24, 2.45) is 5.41 Å². The number of hydrogen-bond donors (Lipinski definition) is 0. The van der Waals surface area contributed by atoms with Crippen molar-refractivity contribution in [2.45, 2.75) is 39.8 Å². The van der Waals surface area contributed by atoms with Crippen LogP contribution in [0.5, 0.6) is 0 Å². The SMILES string of the molecule is CC(C)N1C(=O)C2(C1=O)C(=O)N(C(C)C)C2=O. The lowest BCUT2D eigenvalue weighted by Gasteiger charge is -2.54. The summed E-state index contributed by atoms with van der Waals surface area (Å²) in [6, 6.07) is -0.649. The van der Waals surface area contributed by atoms with Crippen LogP contribution in [0.4, 0.5) is 0 Å². The van der Waals surface area contributed by atoms with Gasteiger partial charge in [0.15, 0.2) is 0 Å². The zero-order valence-corrected chi connectivity index (χ0v) is 10.2. The quantitative estimate of drug-likeness (QED) is 0.481. The van der Waals surface area contributed by atoms with E-state index in [4.69, 9.17) is 0 Å². The molecule has 6 heteroatoms. The van der Waals surface area contributed by atoms with E-state index in [1.165, 1.54) is 0 Å². The molecule has 0 atom stereocenters. The van der Waals surface area contributed by atoms with Crippen molar-refractivity contribution < 1.29 is 19.2 Å². The van der Waals surface area contributed by atoms with Crippen LogP contribution in [0.1, 0.15) is 27.7 Å². The van der Waals surface area contributed by atoms with E-state index in [1.54, 1.807) is 27.7 Å². The van der Waals surface area contributed by atoms with Gasteiger partial charge >= 0.3 is 0 Å². The van der Waals surface area contributed by atoms with Gasteiger partial charge in [-0.1, -0.05) is 0 Å². The molecule has 0 aromatic heterocycles. The monoisotopic (exact) mass is 238 g/mol. The summed E-state index contributed by atoms with van der Waals surface area (Å²) in [5.41, 5.74) is -2.02. The summed E-state index contributed by atoms with van der Waals surface area (Å²) in [6.07, 6.45) is 0. The first-order valence-corrected chi connectivity index (χ1v) is 5.54. The predicted molar refractivity (Wildman–Crippen MR) is 56.4 cm³/mol. The zero-order chi connectivity index (χ0) is 13.1. The van der Waals surface area contributed by atoms with Gasteiger partial charge < -0.3 is 0 Å². The van der Waals surface area contributed by atoms with Crippen LogP contribution in [0.25, 0.3) is 0 Å². The highest BCUT2D eigenvalue weighted by Crippen LogP contribution is 2.46. The Labute approximate surface area is 98.5 Å². The maximum Gasteiger partial charge on any atom is 0.285 e. The second-order valence-electron chi connectivity index (χ2n) is 4.90. The average molecular weight is 238 g/mol. The number of hydrogen-bond acceptors (Lipinski definition) is 4. The highest BCUT2D eigenvalue weighted by atomic mass is 16.2. The normalized spacial score (nSPS) is 22.7. The highest BCUT2D eigenvalue weighted by Gasteiger charge is 2.80. The molecule has 4 amide bonds. The topological polar surface area (TPSA) is 74.8 Å². The van der Waals surface area contributed by atoms with Crippen molar-refractivity contribution in [1.82, 2.24) is 9.80 Å². The molecule has 2 aliphatic heterocycles. The molecule has 0 aliphatic carbocycles. The van der Waals surface area contributed by atoms with Gasteiger partial charge in [0.2, 0.25) is 0 Å². The first-order chi connectivity index (χ1) is 7.77. The van der Waals surface area contributed by atoms with Crippen LogP contribution in [0.15, 0.2) is 0 Å². The van der Waals surface area contributed by atoms with Crippen molar-refractivity contribution >= 4 is 23.6 Å². The van der Waals surface area contributed by atoms with Crippen molar-refractivity contribution in [3.8, 4) is 0 Å². The van der Waals surface area contributed by atoms with E-state index in [2.05, 4.69) is 0 Å². The number of amides is 4. The Hall–Kier alpha value is -1.72. The lowest BCUT2D eigenvalue weighted by molar-refractivity contribution is -0.202. The van der Waals surface area contributed by atoms with Gasteiger partial charge in [0.05, 0.1) is 0 Å². The van der Waals surface area contributed by atoms with Crippen LogP contribution < -0.4 is 0 Å². The summed E-state index contributed by atoms with van der Waals surface area (Å²) in [6.45, 7) is 6.65. The molecule has 2 saturated heterocycles. The van der Waals surface area contributed by atoms with E-state index >= 15 is 0 Å². The molecule has 2 aliphatic rings. The average Bonchev–Trinajstić information content (AvgIpc) is 2.16. The minimum atomic E-state index is -2.02. The molecule has 2 fully saturated rings. The molecule has 17 heavy (non-hydrogen) atoms. The van der Waals surface area contributed by atoms with Crippen molar-refractivity contribution in [3.63, 3.8) is 0 Å². The molecule has 6 nitrogen and oxygen atoms in total. The third kappa shape index (κ3) is 1.01. The van der Waals surface area contributed by atoms with Gasteiger partial charge in [-0.05, 0) is 27.7 Å². The van der Waals surface area contributed by atoms with E-state index in [9.17, 15) is 19.2 Å². The Morgan fingerprint density at radius 3 is 1.12 bits per heavy atom. The van der Waals surface area contributed by atoms with E-state index in [0.717, 1.165) is 9.80 Å². The molecular weight excluding hydrogens is 224 g/mol. The largest absolute Gasteiger partial charge is 0.285 e. The predicted octanol–water partition coefficient (Wildman–Crippen LogP) is -0.473. The van der Waals surface area contributed by atoms with Crippen LogP contribution in [0.3, 0.4) is 0 Å². The van der Waals surface area contributed by atoms with E-state index in [-0.39, 0.29) is 12.1 Å². The Morgan fingerprint density at radius 1 is 0.706 bits per heavy atom. The Morgan fingerprint density at radius 2 is 0.941 bits per heavy atom. The lowest BCUT2D eigenvalue weighted by atomic mass is 9.68. The molecule has 1 spiro atoms. The molecule has 0 saturated carbocycles. The molecule has 0 radical (unpaired) electrons. The summed E-state index contributed by atoms with van der Waals surface area (Å²) < 4.78 is 0. The Bertz CT molecular complexity index is 375. The smallest absolute Gasteiger partial charge is 0.276 e. The molecule has 0 N–H and O–H groups in total. The molecule has 0 aromatic carbocycles. The van der Waals surface area contributed by atoms with Crippen LogP contribution in [-0.4, -0.2) is 45.5 Å². The summed E-state index contributed by atoms with van der Waals surface area (Å²) in [7, 11) is 0. The molecule has 0 aromatic rings. The zero-order valence-electron chi connectivity index (χ0n) is 10.2. The third-order valence-corrected chi connectivity index (χ3v) is 3.19. The third-order valence-electron chi connectivity index (χ3n) is 3.19. The summed E-state index contributed by atoms with van der Waals surface area (Å²) >= 11 is 0. The second kappa shape index (κ2) is 3.15. The van der Waals surface area contributed by atoms with Gasteiger partial charge in [0.25, 0.3) is 29.0 Å². The van der Waals surface area contributed by atoms with E-state index in [0.29, 0.717) is 0 Å². The number of carbonyl (C=O) groups excluding carboxylic acids is 4. The number of imide groups is 2. The molecule has 2 heterocycles. The van der Waals surface area contributed by atoms with Gasteiger partial charge in [-0.15, -0.1) is 0 Å². The van der Waals surface area contributed by atoms with E-state index < -0.39 is 29.0 Å². The minimum absolute atomic E-state index is 0.325. The fourth-order valence-electron chi connectivity index (χ4n) is 2.29. The number of carbonyl (C=O) groups is 4. The summed E-state index contributed by atoms with van der Waals surface area (Å²) in [5.74, 6) is -2.71.